The molecule has 2 N–H and O–H groups in total. The molecule has 2 aliphatic heterocycles. The van der Waals surface area contributed by atoms with E-state index in [0.29, 0.717) is 6.42 Å². The fourth-order valence-electron chi connectivity index (χ4n) is 1.84. The smallest absolute Gasteiger partial charge is 0.282 e. The van der Waals surface area contributed by atoms with Gasteiger partial charge in [-0.05, 0) is 0 Å². The maximum Gasteiger partial charge on any atom is 0.282 e. The van der Waals surface area contributed by atoms with Gasteiger partial charge in [-0.3, -0.25) is 4.74 Å². The Morgan fingerprint density at radius 2 is 2.20 bits per heavy atom. The fraction of sp³-hybridized carbons (Fsp3) is 1.00. The van der Waals surface area contributed by atoms with Crippen LogP contribution in [0, 0.1) is 0 Å². The Hall–Kier alpha value is -0.240. The Morgan fingerprint density at radius 1 is 1.47 bits per heavy atom. The van der Waals surface area contributed by atoms with Crippen molar-refractivity contribution in [3.8, 4) is 0 Å². The molecule has 0 aromatic heterocycles. The largest absolute Gasteiger partial charge is 0.394 e. The van der Waals surface area contributed by atoms with Crippen LogP contribution in [0.1, 0.15) is 13.3 Å². The van der Waals surface area contributed by atoms with Crippen LogP contribution < -0.4 is 0 Å². The number of aliphatic hydroxyl groups is 2. The molecule has 15 heavy (non-hydrogen) atoms. The van der Waals surface area contributed by atoms with Gasteiger partial charge < -0.3 is 24.4 Å². The minimum absolute atomic E-state index is 0.145. The second kappa shape index (κ2) is 3.97. The van der Waals surface area contributed by atoms with Gasteiger partial charge in [0.1, 0.15) is 6.10 Å². The van der Waals surface area contributed by atoms with Gasteiger partial charge in [0.05, 0.1) is 18.8 Å². The maximum atomic E-state index is 9.76. The lowest BCUT2D eigenvalue weighted by Crippen LogP contribution is -2.47. The monoisotopic (exact) mass is 220 g/mol. The van der Waals surface area contributed by atoms with Gasteiger partial charge in [-0.1, -0.05) is 0 Å². The van der Waals surface area contributed by atoms with Gasteiger partial charge >= 0.3 is 0 Å². The summed E-state index contributed by atoms with van der Waals surface area (Å²) in [4.78, 5) is 0. The lowest BCUT2D eigenvalue weighted by atomic mass is 10.0. The van der Waals surface area contributed by atoms with E-state index in [4.69, 9.17) is 24.1 Å². The van der Waals surface area contributed by atoms with Crippen molar-refractivity contribution < 1.29 is 29.2 Å². The molecule has 0 saturated carbocycles. The molecule has 0 aromatic rings. The summed E-state index contributed by atoms with van der Waals surface area (Å²) in [6.45, 7) is 1.46. The van der Waals surface area contributed by atoms with Crippen LogP contribution in [0.2, 0.25) is 0 Å². The Bertz CT molecular complexity index is 235. The van der Waals surface area contributed by atoms with Gasteiger partial charge in [0.15, 0.2) is 6.29 Å². The van der Waals surface area contributed by atoms with Gasteiger partial charge in [-0.15, -0.1) is 0 Å². The fourth-order valence-corrected chi connectivity index (χ4v) is 1.84. The molecular weight excluding hydrogens is 204 g/mol. The number of fused-ring (bicyclic) bond motifs is 1. The molecule has 0 spiro atoms. The number of hydrogen-bond donors (Lipinski definition) is 2. The minimum atomic E-state index is -1.18. The van der Waals surface area contributed by atoms with E-state index in [-0.39, 0.29) is 6.61 Å². The summed E-state index contributed by atoms with van der Waals surface area (Å²) in [5.74, 6) is -1.18. The molecule has 2 fully saturated rings. The van der Waals surface area contributed by atoms with Crippen LogP contribution in [0.25, 0.3) is 0 Å². The summed E-state index contributed by atoms with van der Waals surface area (Å²) < 4.78 is 21.2. The zero-order chi connectivity index (χ0) is 11.1. The highest BCUT2D eigenvalue weighted by Gasteiger charge is 2.52. The number of methoxy groups -OCH3 is 1. The molecule has 2 rings (SSSR count). The first kappa shape index (κ1) is 11.3. The predicted molar refractivity (Wildman–Crippen MR) is 47.7 cm³/mol. The van der Waals surface area contributed by atoms with E-state index in [1.54, 1.807) is 6.92 Å². The predicted octanol–water partition coefficient (Wildman–Crippen LogP) is -0.810. The quantitative estimate of drug-likeness (QED) is 0.633. The number of aliphatic hydroxyl groups excluding tert-OH is 2. The molecule has 0 aromatic carbocycles. The summed E-state index contributed by atoms with van der Waals surface area (Å²) in [6.07, 6.45) is -2.03. The van der Waals surface area contributed by atoms with Gasteiger partial charge in [-0.2, -0.15) is 0 Å². The first-order chi connectivity index (χ1) is 7.08. The molecule has 6 heteroatoms. The number of rotatable bonds is 2. The molecule has 2 saturated heterocycles. The molecule has 0 amide bonds. The second-order valence-corrected chi connectivity index (χ2v) is 3.88. The Morgan fingerprint density at radius 3 is 2.80 bits per heavy atom. The lowest BCUT2D eigenvalue weighted by Gasteiger charge is -2.32. The van der Waals surface area contributed by atoms with E-state index in [1.807, 2.05) is 0 Å². The van der Waals surface area contributed by atoms with Gasteiger partial charge in [0.2, 0.25) is 0 Å². The molecule has 0 bridgehead atoms. The number of ether oxygens (including phenoxy) is 4. The van der Waals surface area contributed by atoms with Crippen LogP contribution in [0.4, 0.5) is 0 Å². The van der Waals surface area contributed by atoms with E-state index in [9.17, 15) is 5.11 Å². The average Bonchev–Trinajstić information content (AvgIpc) is 2.56. The lowest BCUT2D eigenvalue weighted by molar-refractivity contribution is -0.333. The van der Waals surface area contributed by atoms with Crippen molar-refractivity contribution in [3.63, 3.8) is 0 Å². The Labute approximate surface area is 87.7 Å². The van der Waals surface area contributed by atoms with E-state index in [0.717, 1.165) is 0 Å². The summed E-state index contributed by atoms with van der Waals surface area (Å²) in [7, 11) is 1.45. The average molecular weight is 220 g/mol. The van der Waals surface area contributed by atoms with Crippen molar-refractivity contribution in [2.24, 2.45) is 0 Å². The summed E-state index contributed by atoms with van der Waals surface area (Å²) in [5, 5.41) is 18.7. The van der Waals surface area contributed by atoms with Crippen LogP contribution >= 0.6 is 0 Å². The van der Waals surface area contributed by atoms with Crippen molar-refractivity contribution in [2.75, 3.05) is 13.7 Å². The van der Waals surface area contributed by atoms with Crippen molar-refractivity contribution in [3.05, 3.63) is 0 Å². The molecule has 0 radical (unpaired) electrons. The summed E-state index contributed by atoms with van der Waals surface area (Å²) in [5.41, 5.74) is 0. The van der Waals surface area contributed by atoms with E-state index < -0.39 is 30.6 Å². The third-order valence-corrected chi connectivity index (χ3v) is 2.73. The van der Waals surface area contributed by atoms with Crippen LogP contribution in [0.5, 0.6) is 0 Å². The van der Waals surface area contributed by atoms with Crippen LogP contribution in [-0.2, 0) is 18.9 Å². The highest BCUT2D eigenvalue weighted by atomic mass is 16.9. The first-order valence-corrected chi connectivity index (χ1v) is 4.93. The normalized spacial score (nSPS) is 50.4. The zero-order valence-electron chi connectivity index (χ0n) is 8.75. The molecule has 3 unspecified atom stereocenters. The minimum Gasteiger partial charge on any atom is -0.394 e. The van der Waals surface area contributed by atoms with Crippen molar-refractivity contribution in [1.82, 2.24) is 0 Å². The van der Waals surface area contributed by atoms with Crippen molar-refractivity contribution in [1.29, 1.82) is 0 Å². The standard InChI is InChI=1S/C9H16O6/c1-9(12-2)14-7-6(11)3-5(4-10)13-8(7)15-9/h5-8,10-11H,3-4H2,1-2H3/t5?,6?,7-,8+,9?/m0/s1. The Kier molecular flexibility index (Phi) is 2.98. The van der Waals surface area contributed by atoms with E-state index in [1.165, 1.54) is 7.11 Å². The molecule has 5 atom stereocenters. The van der Waals surface area contributed by atoms with Crippen LogP contribution in [0.15, 0.2) is 0 Å². The van der Waals surface area contributed by atoms with Crippen LogP contribution in [0.3, 0.4) is 0 Å². The Balaban J connectivity index is 2.06. The first-order valence-electron chi connectivity index (χ1n) is 4.93. The van der Waals surface area contributed by atoms with Gasteiger partial charge in [0, 0.05) is 20.5 Å². The highest BCUT2D eigenvalue weighted by Crippen LogP contribution is 2.36. The molecule has 2 heterocycles. The second-order valence-electron chi connectivity index (χ2n) is 3.88. The third kappa shape index (κ3) is 2.01. The van der Waals surface area contributed by atoms with Crippen molar-refractivity contribution in [2.45, 2.75) is 43.9 Å². The van der Waals surface area contributed by atoms with E-state index >= 15 is 0 Å². The van der Waals surface area contributed by atoms with E-state index in [2.05, 4.69) is 0 Å². The van der Waals surface area contributed by atoms with Gasteiger partial charge in [0.25, 0.3) is 5.97 Å². The molecular formula is C9H16O6. The summed E-state index contributed by atoms with van der Waals surface area (Å²) >= 11 is 0. The molecule has 2 aliphatic rings. The topological polar surface area (TPSA) is 77.4 Å². The van der Waals surface area contributed by atoms with Crippen LogP contribution in [-0.4, -0.2) is 54.5 Å². The third-order valence-electron chi connectivity index (χ3n) is 2.73. The SMILES string of the molecule is COC1(C)O[C@H]2OC(CO)CC(O)[C@@H]2O1. The molecule has 88 valence electrons. The van der Waals surface area contributed by atoms with Gasteiger partial charge in [-0.25, -0.2) is 0 Å². The summed E-state index contributed by atoms with van der Waals surface area (Å²) in [6, 6.07) is 0. The van der Waals surface area contributed by atoms with Crippen molar-refractivity contribution >= 4 is 0 Å². The number of hydrogen-bond acceptors (Lipinski definition) is 6. The maximum absolute atomic E-state index is 9.76. The molecule has 6 nitrogen and oxygen atoms in total. The zero-order valence-corrected chi connectivity index (χ0v) is 8.75. The molecule has 0 aliphatic carbocycles. The highest BCUT2D eigenvalue weighted by molar-refractivity contribution is 4.86.